The standard InChI is InChI=1S/C9H14N2O2S/c1-3-14(12,13)9-5-4-8(6-10-2)11-7-9/h4-5,7,10H,3,6H2,1-2H3. The fourth-order valence-electron chi connectivity index (χ4n) is 1.05. The lowest BCUT2D eigenvalue weighted by Crippen LogP contribution is -2.08. The highest BCUT2D eigenvalue weighted by atomic mass is 32.2. The Morgan fingerprint density at radius 3 is 2.57 bits per heavy atom. The highest BCUT2D eigenvalue weighted by Gasteiger charge is 2.11. The van der Waals surface area contributed by atoms with E-state index in [0.29, 0.717) is 11.4 Å². The molecule has 0 spiro atoms. The van der Waals surface area contributed by atoms with Crippen LogP contribution in [0.15, 0.2) is 23.2 Å². The van der Waals surface area contributed by atoms with Crippen LogP contribution in [0.4, 0.5) is 0 Å². The normalized spacial score (nSPS) is 11.6. The Kier molecular flexibility index (Phi) is 3.60. The van der Waals surface area contributed by atoms with Gasteiger partial charge in [-0.2, -0.15) is 0 Å². The molecule has 0 aliphatic carbocycles. The van der Waals surface area contributed by atoms with Gasteiger partial charge in [0, 0.05) is 12.7 Å². The largest absolute Gasteiger partial charge is 0.314 e. The van der Waals surface area contributed by atoms with Crippen molar-refractivity contribution in [3.05, 3.63) is 24.0 Å². The van der Waals surface area contributed by atoms with Crippen LogP contribution in [0.3, 0.4) is 0 Å². The summed E-state index contributed by atoms with van der Waals surface area (Å²) in [5.41, 5.74) is 0.836. The number of aromatic nitrogens is 1. The fourth-order valence-corrected chi connectivity index (χ4v) is 1.87. The molecule has 0 radical (unpaired) electrons. The van der Waals surface area contributed by atoms with E-state index >= 15 is 0 Å². The first-order valence-electron chi connectivity index (χ1n) is 4.42. The molecule has 0 aliphatic rings. The number of nitrogens with zero attached hydrogens (tertiary/aromatic N) is 1. The Labute approximate surface area is 84.3 Å². The van der Waals surface area contributed by atoms with Crippen molar-refractivity contribution in [2.24, 2.45) is 0 Å². The van der Waals surface area contributed by atoms with Crippen LogP contribution in [-0.2, 0) is 16.4 Å². The number of hydrogen-bond donors (Lipinski definition) is 1. The van der Waals surface area contributed by atoms with Gasteiger partial charge in [0.2, 0.25) is 0 Å². The van der Waals surface area contributed by atoms with Gasteiger partial charge >= 0.3 is 0 Å². The summed E-state index contributed by atoms with van der Waals surface area (Å²) >= 11 is 0. The molecule has 0 bridgehead atoms. The minimum absolute atomic E-state index is 0.111. The first-order chi connectivity index (χ1) is 6.60. The van der Waals surface area contributed by atoms with Crippen LogP contribution < -0.4 is 5.32 Å². The van der Waals surface area contributed by atoms with Crippen molar-refractivity contribution in [2.75, 3.05) is 12.8 Å². The summed E-state index contributed by atoms with van der Waals surface area (Å²) < 4.78 is 22.8. The number of sulfone groups is 1. The van der Waals surface area contributed by atoms with Gasteiger partial charge in [-0.3, -0.25) is 4.98 Å². The molecule has 1 heterocycles. The third-order valence-corrected chi connectivity index (χ3v) is 3.61. The lowest BCUT2D eigenvalue weighted by Gasteiger charge is -2.02. The summed E-state index contributed by atoms with van der Waals surface area (Å²) in [5.74, 6) is 0.111. The van der Waals surface area contributed by atoms with E-state index in [2.05, 4.69) is 10.3 Å². The van der Waals surface area contributed by atoms with E-state index in [1.165, 1.54) is 6.20 Å². The molecule has 5 heteroatoms. The Balaban J connectivity index is 2.94. The van der Waals surface area contributed by atoms with E-state index in [9.17, 15) is 8.42 Å². The molecular formula is C9H14N2O2S. The summed E-state index contributed by atoms with van der Waals surface area (Å²) in [5, 5.41) is 2.94. The van der Waals surface area contributed by atoms with Crippen molar-refractivity contribution in [2.45, 2.75) is 18.4 Å². The molecule has 1 aromatic heterocycles. The molecule has 4 nitrogen and oxygen atoms in total. The zero-order valence-electron chi connectivity index (χ0n) is 8.32. The van der Waals surface area contributed by atoms with Gasteiger partial charge < -0.3 is 5.32 Å². The Morgan fingerprint density at radius 1 is 1.43 bits per heavy atom. The van der Waals surface area contributed by atoms with Crippen molar-refractivity contribution in [3.63, 3.8) is 0 Å². The topological polar surface area (TPSA) is 59.1 Å². The molecule has 0 aromatic carbocycles. The number of rotatable bonds is 4. The van der Waals surface area contributed by atoms with Crippen LogP contribution in [0, 0.1) is 0 Å². The van der Waals surface area contributed by atoms with E-state index in [-0.39, 0.29) is 5.75 Å². The highest BCUT2D eigenvalue weighted by molar-refractivity contribution is 7.91. The van der Waals surface area contributed by atoms with E-state index in [1.54, 1.807) is 19.1 Å². The number of pyridine rings is 1. The van der Waals surface area contributed by atoms with E-state index in [4.69, 9.17) is 0 Å². The summed E-state index contributed by atoms with van der Waals surface area (Å²) in [7, 11) is -1.29. The van der Waals surface area contributed by atoms with Crippen LogP contribution in [0.5, 0.6) is 0 Å². The Bertz CT molecular complexity index is 384. The highest BCUT2D eigenvalue weighted by Crippen LogP contribution is 2.09. The molecule has 0 fully saturated rings. The average Bonchev–Trinajstić information content (AvgIpc) is 2.19. The van der Waals surface area contributed by atoms with Crippen molar-refractivity contribution >= 4 is 9.84 Å². The van der Waals surface area contributed by atoms with E-state index in [0.717, 1.165) is 5.69 Å². The molecule has 78 valence electrons. The van der Waals surface area contributed by atoms with E-state index in [1.807, 2.05) is 7.05 Å². The zero-order valence-corrected chi connectivity index (χ0v) is 9.13. The smallest absolute Gasteiger partial charge is 0.179 e. The maximum Gasteiger partial charge on any atom is 0.179 e. The van der Waals surface area contributed by atoms with Crippen molar-refractivity contribution < 1.29 is 8.42 Å². The quantitative estimate of drug-likeness (QED) is 0.797. The monoisotopic (exact) mass is 214 g/mol. The third-order valence-electron chi connectivity index (χ3n) is 1.89. The molecule has 0 aliphatic heterocycles. The van der Waals surface area contributed by atoms with Crippen LogP contribution in [0.1, 0.15) is 12.6 Å². The molecule has 0 saturated heterocycles. The minimum atomic E-state index is -3.11. The average molecular weight is 214 g/mol. The molecule has 0 unspecified atom stereocenters. The summed E-state index contributed by atoms with van der Waals surface area (Å²) in [4.78, 5) is 4.33. The van der Waals surface area contributed by atoms with Gasteiger partial charge in [-0.25, -0.2) is 8.42 Å². The molecule has 1 N–H and O–H groups in total. The maximum absolute atomic E-state index is 11.4. The molecule has 0 amide bonds. The van der Waals surface area contributed by atoms with E-state index < -0.39 is 9.84 Å². The van der Waals surface area contributed by atoms with Crippen LogP contribution >= 0.6 is 0 Å². The molecule has 14 heavy (non-hydrogen) atoms. The van der Waals surface area contributed by atoms with Gasteiger partial charge in [-0.15, -0.1) is 0 Å². The van der Waals surface area contributed by atoms with Gasteiger partial charge in [-0.1, -0.05) is 6.92 Å². The third kappa shape index (κ3) is 2.52. The second kappa shape index (κ2) is 4.52. The summed E-state index contributed by atoms with van der Waals surface area (Å²) in [6, 6.07) is 3.32. The molecule has 1 rings (SSSR count). The van der Waals surface area contributed by atoms with Crippen molar-refractivity contribution in [1.82, 2.24) is 10.3 Å². The van der Waals surface area contributed by atoms with Gasteiger partial charge in [0.15, 0.2) is 9.84 Å². The Morgan fingerprint density at radius 2 is 2.14 bits per heavy atom. The predicted molar refractivity (Wildman–Crippen MR) is 54.7 cm³/mol. The summed E-state index contributed by atoms with van der Waals surface area (Å²) in [6.45, 7) is 2.27. The predicted octanol–water partition coefficient (Wildman–Crippen LogP) is 0.595. The second-order valence-electron chi connectivity index (χ2n) is 2.92. The lowest BCUT2D eigenvalue weighted by molar-refractivity contribution is 0.596. The van der Waals surface area contributed by atoms with Crippen LogP contribution in [0.25, 0.3) is 0 Å². The molecule has 0 saturated carbocycles. The van der Waals surface area contributed by atoms with Crippen LogP contribution in [-0.4, -0.2) is 26.2 Å². The number of nitrogens with one attached hydrogen (secondary N) is 1. The van der Waals surface area contributed by atoms with Gasteiger partial charge in [0.1, 0.15) is 0 Å². The van der Waals surface area contributed by atoms with Crippen LogP contribution in [0.2, 0.25) is 0 Å². The summed E-state index contributed by atoms with van der Waals surface area (Å²) in [6.07, 6.45) is 1.41. The minimum Gasteiger partial charge on any atom is -0.314 e. The first-order valence-corrected chi connectivity index (χ1v) is 6.07. The van der Waals surface area contributed by atoms with Crippen molar-refractivity contribution in [1.29, 1.82) is 0 Å². The lowest BCUT2D eigenvalue weighted by atomic mass is 10.3. The number of hydrogen-bond acceptors (Lipinski definition) is 4. The second-order valence-corrected chi connectivity index (χ2v) is 5.20. The van der Waals surface area contributed by atoms with Gasteiger partial charge in [0.25, 0.3) is 0 Å². The molecule has 0 atom stereocenters. The maximum atomic E-state index is 11.4. The molecular weight excluding hydrogens is 200 g/mol. The zero-order chi connectivity index (χ0) is 10.6. The fraction of sp³-hybridized carbons (Fsp3) is 0.444. The molecule has 1 aromatic rings. The SMILES string of the molecule is CCS(=O)(=O)c1ccc(CNC)nc1. The Hall–Kier alpha value is -0.940. The van der Waals surface area contributed by atoms with Crippen molar-refractivity contribution in [3.8, 4) is 0 Å². The first kappa shape index (κ1) is 11.1. The van der Waals surface area contributed by atoms with Gasteiger partial charge in [-0.05, 0) is 19.2 Å². The van der Waals surface area contributed by atoms with Gasteiger partial charge in [0.05, 0.1) is 16.3 Å².